The smallest absolute Gasteiger partial charge is 0.418 e. The minimum absolute atomic E-state index is 0.0127. The van der Waals surface area contributed by atoms with Crippen LogP contribution in [0.1, 0.15) is 18.4 Å². The second-order valence-corrected chi connectivity index (χ2v) is 7.14. The number of aromatic amines is 1. The van der Waals surface area contributed by atoms with Gasteiger partial charge in [-0.1, -0.05) is 0 Å². The summed E-state index contributed by atoms with van der Waals surface area (Å²) in [6.07, 6.45) is -1.85. The zero-order valence-corrected chi connectivity index (χ0v) is 15.6. The summed E-state index contributed by atoms with van der Waals surface area (Å²) in [6.45, 7) is -0.0127. The van der Waals surface area contributed by atoms with Crippen molar-refractivity contribution < 1.29 is 36.6 Å². The molecule has 2 aromatic heterocycles. The third-order valence-electron chi connectivity index (χ3n) is 4.71. The molecule has 0 bridgehead atoms. The summed E-state index contributed by atoms with van der Waals surface area (Å²) < 4.78 is 73.8. The molecular formula is C19H15F5N4O3. The largest absolute Gasteiger partial charge is 0.450 e. The van der Waals surface area contributed by atoms with E-state index < -0.39 is 51.9 Å². The number of nitrogens with zero attached hydrogens (tertiary/aromatic N) is 1. The second-order valence-electron chi connectivity index (χ2n) is 7.14. The quantitative estimate of drug-likeness (QED) is 0.443. The van der Waals surface area contributed by atoms with Crippen molar-refractivity contribution in [1.29, 1.82) is 0 Å². The molecule has 2 amide bonds. The fourth-order valence-corrected chi connectivity index (χ4v) is 2.92. The lowest BCUT2D eigenvalue weighted by Crippen LogP contribution is -2.36. The average Bonchev–Trinajstić information content (AvgIpc) is 3.23. The number of benzene rings is 1. The Morgan fingerprint density at radius 1 is 1.26 bits per heavy atom. The minimum atomic E-state index is -4.74. The molecule has 0 spiro atoms. The molecule has 4 rings (SSSR count). The molecule has 4 N–H and O–H groups in total. The molecule has 0 atom stereocenters. The van der Waals surface area contributed by atoms with Crippen molar-refractivity contribution in [2.24, 2.45) is 0 Å². The molecule has 7 nitrogen and oxygen atoms in total. The highest BCUT2D eigenvalue weighted by atomic mass is 19.4. The van der Waals surface area contributed by atoms with E-state index in [1.165, 1.54) is 0 Å². The van der Waals surface area contributed by atoms with Gasteiger partial charge in [0.05, 0.1) is 16.6 Å². The Labute approximate surface area is 171 Å². The predicted octanol–water partition coefficient (Wildman–Crippen LogP) is 4.30. The summed E-state index contributed by atoms with van der Waals surface area (Å²) in [5.74, 6) is -3.89. The van der Waals surface area contributed by atoms with E-state index in [0.717, 1.165) is 24.4 Å². The molecule has 164 valence electrons. The number of alkyl halides is 3. The van der Waals surface area contributed by atoms with Crippen LogP contribution in [0.2, 0.25) is 0 Å². The van der Waals surface area contributed by atoms with Crippen LogP contribution < -0.4 is 15.4 Å². The summed E-state index contributed by atoms with van der Waals surface area (Å²) in [4.78, 5) is 17.9. The van der Waals surface area contributed by atoms with E-state index in [2.05, 4.69) is 20.6 Å². The monoisotopic (exact) mass is 442 g/mol. The Kier molecular flexibility index (Phi) is 4.96. The minimum Gasteiger partial charge on any atom is -0.450 e. The van der Waals surface area contributed by atoms with Gasteiger partial charge in [-0.25, -0.2) is 18.6 Å². The van der Waals surface area contributed by atoms with Gasteiger partial charge in [-0.15, -0.1) is 0 Å². The van der Waals surface area contributed by atoms with Gasteiger partial charge < -0.3 is 25.5 Å². The number of aromatic nitrogens is 2. The van der Waals surface area contributed by atoms with Crippen molar-refractivity contribution in [3.63, 3.8) is 0 Å². The van der Waals surface area contributed by atoms with Crippen molar-refractivity contribution >= 4 is 22.8 Å². The highest BCUT2D eigenvalue weighted by molar-refractivity contribution is 5.89. The number of hydrogen-bond donors (Lipinski definition) is 4. The van der Waals surface area contributed by atoms with Gasteiger partial charge in [0, 0.05) is 36.8 Å². The predicted molar refractivity (Wildman–Crippen MR) is 98.7 cm³/mol. The first-order chi connectivity index (χ1) is 14.6. The van der Waals surface area contributed by atoms with Crippen LogP contribution in [0.5, 0.6) is 11.5 Å². The lowest BCUT2D eigenvalue weighted by atomic mass is 10.2. The Balaban J connectivity index is 1.57. The number of halogens is 5. The lowest BCUT2D eigenvalue weighted by molar-refractivity contribution is -0.136. The van der Waals surface area contributed by atoms with E-state index in [4.69, 9.17) is 4.74 Å². The maximum Gasteiger partial charge on any atom is 0.418 e. The van der Waals surface area contributed by atoms with E-state index in [1.54, 1.807) is 0 Å². The standard InChI is InChI=1S/C19H15F5N4O3/c20-11-5-9(28-17(29)27-8-18(30)2-3-18)6-12(21)15(11)31-13-1-4-25-16-14(13)10(7-26-16)19(22,23)24/h1,4-7,30H,2-3,8H2,(H,25,26)(H2,27,28,29). The van der Waals surface area contributed by atoms with Gasteiger partial charge in [0.25, 0.3) is 0 Å². The molecule has 1 aliphatic carbocycles. The van der Waals surface area contributed by atoms with Crippen molar-refractivity contribution in [3.8, 4) is 11.5 Å². The number of fused-ring (bicyclic) bond motifs is 1. The molecule has 12 heteroatoms. The van der Waals surface area contributed by atoms with Crippen LogP contribution in [0.15, 0.2) is 30.6 Å². The van der Waals surface area contributed by atoms with Gasteiger partial charge in [-0.3, -0.25) is 0 Å². The van der Waals surface area contributed by atoms with Crippen molar-refractivity contribution in [1.82, 2.24) is 15.3 Å². The van der Waals surface area contributed by atoms with Crippen LogP contribution in [-0.2, 0) is 6.18 Å². The number of nitrogens with one attached hydrogen (secondary N) is 3. The maximum atomic E-state index is 14.5. The Morgan fingerprint density at radius 3 is 2.55 bits per heavy atom. The number of amides is 2. The van der Waals surface area contributed by atoms with Crippen LogP contribution in [-0.4, -0.2) is 33.3 Å². The van der Waals surface area contributed by atoms with Gasteiger partial charge in [-0.2, -0.15) is 13.2 Å². The zero-order chi connectivity index (χ0) is 22.4. The Morgan fingerprint density at radius 2 is 1.94 bits per heavy atom. The molecule has 31 heavy (non-hydrogen) atoms. The number of aliphatic hydroxyl groups is 1. The van der Waals surface area contributed by atoms with Gasteiger partial charge in [0.2, 0.25) is 0 Å². The molecule has 1 aromatic carbocycles. The summed E-state index contributed by atoms with van der Waals surface area (Å²) in [7, 11) is 0. The molecule has 0 saturated heterocycles. The lowest BCUT2D eigenvalue weighted by Gasteiger charge is -2.13. The van der Waals surface area contributed by atoms with Crippen LogP contribution in [0.3, 0.4) is 0 Å². The number of urea groups is 1. The zero-order valence-electron chi connectivity index (χ0n) is 15.6. The summed E-state index contributed by atoms with van der Waals surface area (Å²) in [6, 6.07) is 1.77. The molecule has 3 aromatic rings. The fraction of sp³-hybridized carbons (Fsp3) is 0.263. The van der Waals surface area contributed by atoms with Crippen LogP contribution >= 0.6 is 0 Å². The van der Waals surface area contributed by atoms with E-state index in [-0.39, 0.29) is 17.9 Å². The van der Waals surface area contributed by atoms with E-state index in [0.29, 0.717) is 19.0 Å². The summed E-state index contributed by atoms with van der Waals surface area (Å²) in [5.41, 5.74) is -2.47. The van der Waals surface area contributed by atoms with Gasteiger partial charge in [-0.05, 0) is 18.9 Å². The van der Waals surface area contributed by atoms with E-state index >= 15 is 0 Å². The first-order valence-corrected chi connectivity index (χ1v) is 9.03. The molecule has 0 unspecified atom stereocenters. The fourth-order valence-electron chi connectivity index (χ4n) is 2.92. The first kappa shape index (κ1) is 20.8. The van der Waals surface area contributed by atoms with Crippen LogP contribution in [0.4, 0.5) is 32.4 Å². The highest BCUT2D eigenvalue weighted by Gasteiger charge is 2.40. The summed E-state index contributed by atoms with van der Waals surface area (Å²) >= 11 is 0. The number of hydrogen-bond acceptors (Lipinski definition) is 4. The van der Waals surface area contributed by atoms with Crippen molar-refractivity contribution in [2.45, 2.75) is 24.6 Å². The number of carbonyl (C=O) groups is 1. The number of H-pyrrole nitrogens is 1. The topological polar surface area (TPSA) is 99.3 Å². The van der Waals surface area contributed by atoms with Gasteiger partial charge >= 0.3 is 12.2 Å². The van der Waals surface area contributed by atoms with Crippen LogP contribution in [0, 0.1) is 11.6 Å². The molecule has 0 aliphatic heterocycles. The number of anilines is 1. The first-order valence-electron chi connectivity index (χ1n) is 9.03. The molecular weight excluding hydrogens is 427 g/mol. The number of rotatable bonds is 5. The molecule has 1 saturated carbocycles. The molecule has 1 aliphatic rings. The normalized spacial score (nSPS) is 15.0. The van der Waals surface area contributed by atoms with E-state index in [1.807, 2.05) is 0 Å². The number of carbonyl (C=O) groups excluding carboxylic acids is 1. The Hall–Kier alpha value is -3.41. The maximum absolute atomic E-state index is 14.5. The molecule has 1 fully saturated rings. The highest BCUT2D eigenvalue weighted by Crippen LogP contribution is 2.41. The number of pyridine rings is 1. The van der Waals surface area contributed by atoms with Gasteiger partial charge in [0.1, 0.15) is 11.4 Å². The van der Waals surface area contributed by atoms with Crippen LogP contribution in [0.25, 0.3) is 11.0 Å². The Bertz CT molecular complexity index is 1130. The molecule has 2 heterocycles. The average molecular weight is 442 g/mol. The van der Waals surface area contributed by atoms with Gasteiger partial charge in [0.15, 0.2) is 17.4 Å². The second kappa shape index (κ2) is 7.38. The number of ether oxygens (including phenoxy) is 1. The van der Waals surface area contributed by atoms with E-state index in [9.17, 15) is 31.9 Å². The third kappa shape index (κ3) is 4.38. The summed E-state index contributed by atoms with van der Waals surface area (Å²) in [5, 5.41) is 13.8. The third-order valence-corrected chi connectivity index (χ3v) is 4.71. The van der Waals surface area contributed by atoms with Crippen molar-refractivity contribution in [3.05, 3.63) is 47.8 Å². The molecule has 0 radical (unpaired) electrons. The SMILES string of the molecule is O=C(NCC1(O)CC1)Nc1cc(F)c(Oc2ccnc3[nH]cc(C(F)(F)F)c23)c(F)c1. The van der Waals surface area contributed by atoms with Crippen molar-refractivity contribution in [2.75, 3.05) is 11.9 Å².